The molecule has 222 valence electrons. The van der Waals surface area contributed by atoms with Gasteiger partial charge in [0, 0.05) is 53.5 Å². The van der Waals surface area contributed by atoms with Crippen molar-refractivity contribution in [3.05, 3.63) is 77.5 Å². The summed E-state index contributed by atoms with van der Waals surface area (Å²) in [6.45, 7) is 3.98. The molecule has 2 aromatic carbocycles. The fourth-order valence-corrected chi connectivity index (χ4v) is 6.51. The van der Waals surface area contributed by atoms with Gasteiger partial charge in [0.2, 0.25) is 11.8 Å². The van der Waals surface area contributed by atoms with E-state index in [1.165, 1.54) is 31.4 Å². The molecule has 42 heavy (non-hydrogen) atoms. The molecule has 1 atom stereocenters. The zero-order chi connectivity index (χ0) is 30.1. The van der Waals surface area contributed by atoms with Gasteiger partial charge < -0.3 is 25.0 Å². The third-order valence-electron chi connectivity index (χ3n) is 6.71. The van der Waals surface area contributed by atoms with E-state index in [-0.39, 0.29) is 50.4 Å². The van der Waals surface area contributed by atoms with Crippen molar-refractivity contribution in [3.63, 3.8) is 0 Å². The number of piperidine rings is 1. The SMILES string of the molecule is C=C1CCC(N2Cc3c(NC(=O)OCCSSCCC(=O)N(CC(=O)O)Cc4ccccc4)cccc3C2=O)C(=O)N1. The summed E-state index contributed by atoms with van der Waals surface area (Å²) in [7, 11) is 2.88. The Hall–Kier alpha value is -3.97. The van der Waals surface area contributed by atoms with Gasteiger partial charge in [-0.05, 0) is 30.5 Å². The lowest BCUT2D eigenvalue weighted by molar-refractivity contribution is -0.144. The fourth-order valence-electron chi connectivity index (χ4n) is 4.70. The molecule has 1 fully saturated rings. The van der Waals surface area contributed by atoms with E-state index in [9.17, 15) is 29.1 Å². The van der Waals surface area contributed by atoms with Crippen molar-refractivity contribution in [1.29, 1.82) is 0 Å². The van der Waals surface area contributed by atoms with Crippen LogP contribution in [0.1, 0.15) is 40.7 Å². The number of carboxylic acids is 1. The molecule has 2 aliphatic heterocycles. The molecule has 1 saturated heterocycles. The summed E-state index contributed by atoms with van der Waals surface area (Å²) >= 11 is 0. The van der Waals surface area contributed by atoms with Crippen LogP contribution in [0.3, 0.4) is 0 Å². The van der Waals surface area contributed by atoms with Gasteiger partial charge in [0.1, 0.15) is 19.2 Å². The number of hydrogen-bond donors (Lipinski definition) is 3. The third kappa shape index (κ3) is 8.29. The summed E-state index contributed by atoms with van der Waals surface area (Å²) < 4.78 is 5.28. The van der Waals surface area contributed by atoms with Crippen molar-refractivity contribution < 1.29 is 33.8 Å². The van der Waals surface area contributed by atoms with Crippen LogP contribution in [-0.4, -0.2) is 75.4 Å². The van der Waals surface area contributed by atoms with E-state index in [0.717, 1.165) is 5.56 Å². The topological polar surface area (TPSA) is 145 Å². The highest BCUT2D eigenvalue weighted by atomic mass is 33.1. The van der Waals surface area contributed by atoms with Gasteiger partial charge in [0.25, 0.3) is 5.91 Å². The van der Waals surface area contributed by atoms with Gasteiger partial charge in [-0.3, -0.25) is 24.5 Å². The van der Waals surface area contributed by atoms with Gasteiger partial charge in [0.15, 0.2) is 0 Å². The number of fused-ring (bicyclic) bond motifs is 1. The minimum atomic E-state index is -1.07. The largest absolute Gasteiger partial charge is 0.480 e. The number of rotatable bonds is 13. The molecular formula is C29H32N4O7S2. The number of carbonyl (C=O) groups excluding carboxylic acids is 4. The Balaban J connectivity index is 1.17. The number of aliphatic carboxylic acids is 1. The number of carboxylic acid groups (broad SMARTS) is 1. The van der Waals surface area contributed by atoms with Crippen molar-refractivity contribution in [2.24, 2.45) is 0 Å². The first kappa shape index (κ1) is 31.0. The van der Waals surface area contributed by atoms with Gasteiger partial charge in [-0.1, -0.05) is 64.6 Å². The number of nitrogens with one attached hydrogen (secondary N) is 2. The van der Waals surface area contributed by atoms with E-state index in [1.54, 1.807) is 18.2 Å². The Morgan fingerprint density at radius 2 is 1.86 bits per heavy atom. The molecule has 0 spiro atoms. The Morgan fingerprint density at radius 3 is 2.60 bits per heavy atom. The van der Waals surface area contributed by atoms with Crippen LogP contribution < -0.4 is 10.6 Å². The van der Waals surface area contributed by atoms with Crippen molar-refractivity contribution in [2.45, 2.75) is 38.4 Å². The first-order chi connectivity index (χ1) is 20.2. The molecule has 0 saturated carbocycles. The second-order valence-electron chi connectivity index (χ2n) is 9.70. The predicted octanol–water partition coefficient (Wildman–Crippen LogP) is 3.87. The van der Waals surface area contributed by atoms with Crippen LogP contribution in [0.15, 0.2) is 60.8 Å². The Kier molecular flexibility index (Phi) is 10.9. The van der Waals surface area contributed by atoms with E-state index in [1.807, 2.05) is 30.3 Å². The summed E-state index contributed by atoms with van der Waals surface area (Å²) in [5.41, 5.74) is 3.03. The monoisotopic (exact) mass is 612 g/mol. The van der Waals surface area contributed by atoms with E-state index < -0.39 is 18.1 Å². The summed E-state index contributed by atoms with van der Waals surface area (Å²) in [6.07, 6.45) is 0.614. The Bertz CT molecular complexity index is 1350. The molecule has 2 aliphatic rings. The summed E-state index contributed by atoms with van der Waals surface area (Å²) in [5, 5.41) is 14.6. The zero-order valence-corrected chi connectivity index (χ0v) is 24.5. The first-order valence-corrected chi connectivity index (χ1v) is 15.8. The number of amides is 4. The third-order valence-corrected chi connectivity index (χ3v) is 9.08. The van der Waals surface area contributed by atoms with Crippen LogP contribution in [0.4, 0.5) is 10.5 Å². The van der Waals surface area contributed by atoms with Crippen LogP contribution >= 0.6 is 21.6 Å². The molecular weight excluding hydrogens is 580 g/mol. The lowest BCUT2D eigenvalue weighted by Crippen LogP contribution is -2.49. The molecule has 0 aliphatic carbocycles. The van der Waals surface area contributed by atoms with Crippen molar-refractivity contribution in [2.75, 3.05) is 30.0 Å². The molecule has 11 nitrogen and oxygen atoms in total. The van der Waals surface area contributed by atoms with E-state index in [2.05, 4.69) is 17.2 Å². The number of nitrogens with zero attached hydrogens (tertiary/aromatic N) is 2. The van der Waals surface area contributed by atoms with Gasteiger partial charge in [-0.2, -0.15) is 0 Å². The highest BCUT2D eigenvalue weighted by Crippen LogP contribution is 2.33. The first-order valence-electron chi connectivity index (χ1n) is 13.4. The Labute approximate surface area is 251 Å². The second kappa shape index (κ2) is 14.8. The highest BCUT2D eigenvalue weighted by molar-refractivity contribution is 8.76. The lowest BCUT2D eigenvalue weighted by atomic mass is 10.0. The maximum Gasteiger partial charge on any atom is 0.411 e. The van der Waals surface area contributed by atoms with Crippen molar-refractivity contribution in [3.8, 4) is 0 Å². The van der Waals surface area contributed by atoms with E-state index >= 15 is 0 Å². The molecule has 3 N–H and O–H groups in total. The zero-order valence-electron chi connectivity index (χ0n) is 22.9. The number of carbonyl (C=O) groups is 5. The van der Waals surface area contributed by atoms with Crippen LogP contribution in [0.2, 0.25) is 0 Å². The summed E-state index contributed by atoms with van der Waals surface area (Å²) in [6, 6.07) is 13.7. The molecule has 0 bridgehead atoms. The van der Waals surface area contributed by atoms with Crippen LogP contribution in [0, 0.1) is 0 Å². The normalized spacial score (nSPS) is 16.0. The average molecular weight is 613 g/mol. The minimum Gasteiger partial charge on any atom is -0.480 e. The number of ether oxygens (including phenoxy) is 1. The van der Waals surface area contributed by atoms with Gasteiger partial charge in [-0.15, -0.1) is 0 Å². The average Bonchev–Trinajstić information content (AvgIpc) is 3.29. The van der Waals surface area contributed by atoms with Crippen molar-refractivity contribution >= 4 is 57.1 Å². The summed E-state index contributed by atoms with van der Waals surface area (Å²) in [5.74, 6) is -0.861. The van der Waals surface area contributed by atoms with E-state index in [4.69, 9.17) is 4.74 Å². The quantitative estimate of drug-likeness (QED) is 0.227. The van der Waals surface area contributed by atoms with E-state index in [0.29, 0.717) is 46.9 Å². The Morgan fingerprint density at radius 1 is 1.10 bits per heavy atom. The minimum absolute atomic E-state index is 0.128. The second-order valence-corrected chi connectivity index (χ2v) is 12.4. The molecule has 2 heterocycles. The number of benzene rings is 2. The lowest BCUT2D eigenvalue weighted by Gasteiger charge is -2.31. The molecule has 4 amide bonds. The molecule has 0 radical (unpaired) electrons. The molecule has 4 rings (SSSR count). The smallest absolute Gasteiger partial charge is 0.411 e. The molecule has 1 unspecified atom stereocenters. The van der Waals surface area contributed by atoms with Crippen molar-refractivity contribution in [1.82, 2.24) is 15.1 Å². The van der Waals surface area contributed by atoms with Crippen LogP contribution in [0.25, 0.3) is 0 Å². The number of allylic oxidation sites excluding steroid dienone is 1. The van der Waals surface area contributed by atoms with Gasteiger partial charge in [0.05, 0.1) is 0 Å². The molecule has 2 aromatic rings. The number of anilines is 1. The molecule has 0 aromatic heterocycles. The van der Waals surface area contributed by atoms with Gasteiger partial charge >= 0.3 is 12.1 Å². The predicted molar refractivity (Wildman–Crippen MR) is 161 cm³/mol. The fraction of sp³-hybridized carbons (Fsp3) is 0.345. The summed E-state index contributed by atoms with van der Waals surface area (Å²) in [4.78, 5) is 64.5. The van der Waals surface area contributed by atoms with Crippen LogP contribution in [-0.2, 0) is 32.2 Å². The highest BCUT2D eigenvalue weighted by Gasteiger charge is 2.39. The maximum atomic E-state index is 13.0. The maximum absolute atomic E-state index is 13.0. The molecule has 13 heteroatoms. The number of hydrogen-bond acceptors (Lipinski definition) is 8. The van der Waals surface area contributed by atoms with Crippen LogP contribution in [0.5, 0.6) is 0 Å². The van der Waals surface area contributed by atoms with Gasteiger partial charge in [-0.25, -0.2) is 4.79 Å². The standard InChI is InChI=1S/C29H32N4O7S2/c1-19-10-11-24(27(37)30-19)33-17-22-21(28(33)38)8-5-9-23(22)31-29(39)40-13-15-42-41-14-12-25(34)32(18-26(35)36)16-20-6-3-2-4-7-20/h2-9,24H,1,10-18H2,(H,30,37)(H,31,39)(H,35,36).